The molecule has 0 aromatic rings. The zero-order chi connectivity index (χ0) is 67.5. The number of rotatable bonds is 71. The van der Waals surface area contributed by atoms with E-state index in [4.69, 9.17) is 18.9 Å². The van der Waals surface area contributed by atoms with Gasteiger partial charge in [0, 0.05) is 12.8 Å². The van der Waals surface area contributed by atoms with Crippen molar-refractivity contribution in [3.05, 3.63) is 122 Å². The first-order valence-corrected chi connectivity index (χ1v) is 38.7. The molecular formula is C84H145NO8. The fourth-order valence-corrected chi connectivity index (χ4v) is 10.9. The lowest BCUT2D eigenvalue weighted by Crippen LogP contribution is -2.44. The summed E-state index contributed by atoms with van der Waals surface area (Å²) in [6, 6.07) is 0. The number of hydrogen-bond acceptors (Lipinski definition) is 8. The monoisotopic (exact) mass is 1300 g/mol. The molecule has 0 N–H and O–H groups in total. The smallest absolute Gasteiger partial charge is 0.306 e. The lowest BCUT2D eigenvalue weighted by atomic mass is 10.0. The maximum absolute atomic E-state index is 13.0. The van der Waals surface area contributed by atoms with Crippen LogP contribution in [-0.2, 0) is 33.3 Å². The Hall–Kier alpha value is -4.31. The van der Waals surface area contributed by atoms with Gasteiger partial charge in [0.1, 0.15) is 13.2 Å². The molecule has 0 aliphatic carbocycles. The fourth-order valence-electron chi connectivity index (χ4n) is 10.9. The van der Waals surface area contributed by atoms with Crippen LogP contribution in [0.5, 0.6) is 0 Å². The van der Waals surface area contributed by atoms with Crippen LogP contribution in [-0.4, -0.2) is 82.3 Å². The van der Waals surface area contributed by atoms with Crippen molar-refractivity contribution in [2.24, 2.45) is 0 Å². The van der Waals surface area contributed by atoms with E-state index in [1.54, 1.807) is 0 Å². The Labute approximate surface area is 574 Å². The average molecular weight is 1300 g/mol. The topological polar surface area (TPSA) is 111 Å². The summed E-state index contributed by atoms with van der Waals surface area (Å²) in [6.45, 7) is 4.56. The lowest BCUT2D eigenvalue weighted by molar-refractivity contribution is -0.870. The number of nitrogens with zero attached hydrogens (tertiary/aromatic N) is 1. The van der Waals surface area contributed by atoms with Crippen molar-refractivity contribution in [3.8, 4) is 0 Å². The van der Waals surface area contributed by atoms with E-state index in [9.17, 15) is 19.5 Å². The van der Waals surface area contributed by atoms with E-state index in [1.807, 2.05) is 21.1 Å². The van der Waals surface area contributed by atoms with Crippen LogP contribution in [0.4, 0.5) is 0 Å². The Morgan fingerprint density at radius 3 is 0.860 bits per heavy atom. The van der Waals surface area contributed by atoms with Crippen LogP contribution in [0, 0.1) is 0 Å². The van der Waals surface area contributed by atoms with Crippen molar-refractivity contribution in [2.45, 2.75) is 347 Å². The number of hydrogen-bond donors (Lipinski definition) is 0. The Morgan fingerprint density at radius 1 is 0.323 bits per heavy atom. The minimum atomic E-state index is -1.63. The van der Waals surface area contributed by atoms with Gasteiger partial charge in [-0.2, -0.15) is 0 Å². The second-order valence-corrected chi connectivity index (χ2v) is 26.9. The van der Waals surface area contributed by atoms with Gasteiger partial charge in [-0.15, -0.1) is 0 Å². The number of esters is 2. The minimum Gasteiger partial charge on any atom is -0.545 e. The third-order valence-corrected chi connectivity index (χ3v) is 16.7. The van der Waals surface area contributed by atoms with Crippen molar-refractivity contribution in [1.29, 1.82) is 0 Å². The highest BCUT2D eigenvalue weighted by atomic mass is 16.7. The molecule has 0 amide bonds. The number of carbonyl (C=O) groups excluding carboxylic acids is 3. The fraction of sp³-hybridized carbons (Fsp3) is 0.726. The van der Waals surface area contributed by atoms with Gasteiger partial charge in [-0.05, 0) is 103 Å². The van der Waals surface area contributed by atoms with E-state index in [-0.39, 0.29) is 32.2 Å². The van der Waals surface area contributed by atoms with E-state index in [0.717, 1.165) is 96.3 Å². The summed E-state index contributed by atoms with van der Waals surface area (Å²) in [5, 5.41) is 11.9. The molecule has 0 aromatic heterocycles. The van der Waals surface area contributed by atoms with Crippen molar-refractivity contribution in [3.63, 3.8) is 0 Å². The Bertz CT molecular complexity index is 1950. The standard InChI is InChI=1S/C84H145NO8/c1-6-8-10-12-14-16-18-20-22-24-26-28-30-32-34-36-37-38-39-40-41-42-43-44-45-47-49-51-53-55-57-59-61-63-65-67-69-71-73-75-82(87)93-80(79-92-84(83(88)89)90-77-76-85(3,4)5)78-91-81(86)74-72-70-68-66-64-62-60-58-56-54-52-50-48-46-35-33-31-29-27-25-23-21-19-17-15-13-11-9-7-2/h8-11,14-17,20-23,26-29,32,34,37-38,80,84H,6-7,12-13,18-19,24-25,30-31,33,35-36,39-79H2,1-5H3/b10-8-,11-9-,16-14-,17-15-,22-20-,23-21-,28-26-,29-27-,34-32-,38-37-. The normalized spacial score (nSPS) is 13.3. The second kappa shape index (κ2) is 73.5. The molecule has 9 nitrogen and oxygen atoms in total. The van der Waals surface area contributed by atoms with Gasteiger partial charge in [0.25, 0.3) is 0 Å². The first-order valence-electron chi connectivity index (χ1n) is 38.7. The van der Waals surface area contributed by atoms with Crippen LogP contribution in [0.15, 0.2) is 122 Å². The van der Waals surface area contributed by atoms with E-state index in [1.165, 1.54) is 205 Å². The van der Waals surface area contributed by atoms with E-state index >= 15 is 0 Å². The number of allylic oxidation sites excluding steroid dienone is 20. The Balaban J connectivity index is 4.02. The van der Waals surface area contributed by atoms with Crippen LogP contribution in [0.25, 0.3) is 0 Å². The van der Waals surface area contributed by atoms with E-state index in [0.29, 0.717) is 23.9 Å². The van der Waals surface area contributed by atoms with Crippen LogP contribution in [0.1, 0.15) is 335 Å². The summed E-state index contributed by atoms with van der Waals surface area (Å²) in [4.78, 5) is 37.6. The Morgan fingerprint density at radius 2 is 0.581 bits per heavy atom. The minimum absolute atomic E-state index is 0.146. The molecule has 2 unspecified atom stereocenters. The highest BCUT2D eigenvalue weighted by molar-refractivity contribution is 5.70. The molecule has 0 radical (unpaired) electrons. The van der Waals surface area contributed by atoms with Gasteiger partial charge >= 0.3 is 11.9 Å². The molecular weight excluding hydrogens is 1150 g/mol. The van der Waals surface area contributed by atoms with E-state index < -0.39 is 24.3 Å². The second-order valence-electron chi connectivity index (χ2n) is 26.9. The first-order chi connectivity index (χ1) is 45.6. The summed E-state index contributed by atoms with van der Waals surface area (Å²) in [7, 11) is 5.94. The van der Waals surface area contributed by atoms with Gasteiger partial charge in [-0.1, -0.05) is 341 Å². The molecule has 0 saturated heterocycles. The largest absolute Gasteiger partial charge is 0.545 e. The van der Waals surface area contributed by atoms with Crippen LogP contribution < -0.4 is 5.11 Å². The summed E-state index contributed by atoms with van der Waals surface area (Å²) in [5.41, 5.74) is 0. The van der Waals surface area contributed by atoms with Crippen LogP contribution >= 0.6 is 0 Å². The third kappa shape index (κ3) is 74.9. The van der Waals surface area contributed by atoms with Crippen molar-refractivity contribution < 1.29 is 42.9 Å². The summed E-state index contributed by atoms with van der Waals surface area (Å²) >= 11 is 0. The van der Waals surface area contributed by atoms with Crippen molar-refractivity contribution >= 4 is 17.9 Å². The summed E-state index contributed by atoms with van der Waals surface area (Å²) in [6.07, 6.45) is 102. The molecule has 0 aliphatic rings. The number of carbonyl (C=O) groups is 3. The van der Waals surface area contributed by atoms with Gasteiger partial charge in [0.05, 0.1) is 40.3 Å². The molecule has 534 valence electrons. The molecule has 0 saturated carbocycles. The Kier molecular flexibility index (Phi) is 70.1. The molecule has 93 heavy (non-hydrogen) atoms. The molecule has 0 aliphatic heterocycles. The molecule has 0 heterocycles. The number of ether oxygens (including phenoxy) is 4. The highest BCUT2D eigenvalue weighted by Gasteiger charge is 2.22. The number of aliphatic carboxylic acids is 1. The van der Waals surface area contributed by atoms with Gasteiger partial charge in [-0.3, -0.25) is 9.59 Å². The number of carboxylic acids is 1. The van der Waals surface area contributed by atoms with Crippen LogP contribution in [0.3, 0.4) is 0 Å². The van der Waals surface area contributed by atoms with Gasteiger partial charge in [0.15, 0.2) is 12.4 Å². The third-order valence-electron chi connectivity index (χ3n) is 16.7. The molecule has 0 aromatic carbocycles. The highest BCUT2D eigenvalue weighted by Crippen LogP contribution is 2.18. The summed E-state index contributed by atoms with van der Waals surface area (Å²) < 4.78 is 22.9. The zero-order valence-electron chi connectivity index (χ0n) is 61.1. The number of quaternary nitrogens is 1. The number of likely N-dealkylation sites (N-methyl/N-ethyl adjacent to an activating group) is 1. The van der Waals surface area contributed by atoms with E-state index in [2.05, 4.69) is 135 Å². The van der Waals surface area contributed by atoms with Crippen molar-refractivity contribution in [2.75, 3.05) is 47.5 Å². The quantitative estimate of drug-likeness (QED) is 0.0195. The summed E-state index contributed by atoms with van der Waals surface area (Å²) in [5.74, 6) is -2.27. The molecule has 0 bridgehead atoms. The molecule has 2 atom stereocenters. The first kappa shape index (κ1) is 88.7. The molecule has 0 fully saturated rings. The average Bonchev–Trinajstić information content (AvgIpc) is 3.38. The molecule has 0 spiro atoms. The lowest BCUT2D eigenvalue weighted by Gasteiger charge is -2.26. The van der Waals surface area contributed by atoms with Gasteiger partial charge in [-0.25, -0.2) is 0 Å². The number of carboxylic acid groups (broad SMARTS) is 1. The predicted octanol–water partition coefficient (Wildman–Crippen LogP) is 23.4. The SMILES string of the molecule is CC/C=C\C/C=C\C/C=C\C/C=C\C/C=C\C/C=C\CCCCCCCCCCCCCCCCCCCCCCC(=O)OC(COC(=O)CCCCCCCCCCCCCCCCCC/C=C\C/C=C\C/C=C\C/C=C\CC)COC(OCC[N+](C)(C)C)C(=O)[O-]. The zero-order valence-corrected chi connectivity index (χ0v) is 61.1. The van der Waals surface area contributed by atoms with Crippen molar-refractivity contribution in [1.82, 2.24) is 0 Å². The maximum atomic E-state index is 13.0. The molecule has 9 heteroatoms. The molecule has 0 rings (SSSR count). The predicted molar refractivity (Wildman–Crippen MR) is 398 cm³/mol. The van der Waals surface area contributed by atoms with Gasteiger partial charge < -0.3 is 33.3 Å². The maximum Gasteiger partial charge on any atom is 0.306 e. The van der Waals surface area contributed by atoms with Gasteiger partial charge in [0.2, 0.25) is 0 Å². The van der Waals surface area contributed by atoms with Crippen LogP contribution in [0.2, 0.25) is 0 Å². The number of unbranched alkanes of at least 4 members (excludes halogenated alkanes) is 36.